The summed E-state index contributed by atoms with van der Waals surface area (Å²) >= 11 is 0. The van der Waals surface area contributed by atoms with Crippen LogP contribution >= 0.6 is 0 Å². The molecule has 1 aromatic rings. The first kappa shape index (κ1) is 13.8. The molecule has 2 atom stereocenters. The molecule has 0 radical (unpaired) electrons. The summed E-state index contributed by atoms with van der Waals surface area (Å²) in [7, 11) is 0. The van der Waals surface area contributed by atoms with Gasteiger partial charge in [-0.15, -0.1) is 0 Å². The van der Waals surface area contributed by atoms with Crippen LogP contribution < -0.4 is 10.2 Å². The number of nitrogens with zero attached hydrogens (tertiary/aromatic N) is 2. The largest absolute Gasteiger partial charge is 0.371 e. The van der Waals surface area contributed by atoms with Crippen molar-refractivity contribution >= 4 is 5.82 Å². The van der Waals surface area contributed by atoms with Gasteiger partial charge >= 0.3 is 0 Å². The maximum atomic E-state index is 14.6. The molecule has 20 heavy (non-hydrogen) atoms. The number of pyridine rings is 1. The van der Waals surface area contributed by atoms with E-state index >= 15 is 0 Å². The van der Waals surface area contributed by atoms with Crippen LogP contribution in [0.15, 0.2) is 12.3 Å². The highest BCUT2D eigenvalue weighted by atomic mass is 19.1. The maximum absolute atomic E-state index is 14.6. The molecule has 0 amide bonds. The van der Waals surface area contributed by atoms with Crippen LogP contribution in [0, 0.1) is 5.82 Å². The SMILES string of the molecule is CC(C)NCc1ccnc(N2CC3CCC(C2)O3)c1F. The van der Waals surface area contributed by atoms with E-state index in [-0.39, 0.29) is 18.0 Å². The first-order valence-corrected chi connectivity index (χ1v) is 7.40. The smallest absolute Gasteiger partial charge is 0.170 e. The van der Waals surface area contributed by atoms with Gasteiger partial charge in [0.2, 0.25) is 0 Å². The van der Waals surface area contributed by atoms with E-state index in [9.17, 15) is 4.39 Å². The molecule has 5 heteroatoms. The third kappa shape index (κ3) is 2.79. The Morgan fingerprint density at radius 2 is 2.10 bits per heavy atom. The minimum absolute atomic E-state index is 0.193. The maximum Gasteiger partial charge on any atom is 0.170 e. The molecule has 1 aromatic heterocycles. The molecule has 1 N–H and O–H groups in total. The normalized spacial score (nSPS) is 25.5. The van der Waals surface area contributed by atoms with E-state index in [2.05, 4.69) is 24.1 Å². The van der Waals surface area contributed by atoms with Gasteiger partial charge < -0.3 is 15.0 Å². The van der Waals surface area contributed by atoms with Gasteiger partial charge in [-0.2, -0.15) is 0 Å². The number of anilines is 1. The fourth-order valence-corrected chi connectivity index (χ4v) is 2.93. The van der Waals surface area contributed by atoms with Crippen LogP contribution in [0.1, 0.15) is 32.3 Å². The van der Waals surface area contributed by atoms with E-state index in [0.717, 1.165) is 25.9 Å². The van der Waals surface area contributed by atoms with Crippen molar-refractivity contribution in [2.75, 3.05) is 18.0 Å². The zero-order valence-electron chi connectivity index (χ0n) is 12.1. The molecule has 3 heterocycles. The highest BCUT2D eigenvalue weighted by Crippen LogP contribution is 2.30. The van der Waals surface area contributed by atoms with Crippen molar-refractivity contribution in [2.24, 2.45) is 0 Å². The summed E-state index contributed by atoms with van der Waals surface area (Å²) in [6.45, 7) is 6.15. The number of aromatic nitrogens is 1. The Morgan fingerprint density at radius 3 is 2.75 bits per heavy atom. The Bertz CT molecular complexity index is 468. The number of hydrogen-bond acceptors (Lipinski definition) is 4. The number of halogens is 1. The molecule has 2 unspecified atom stereocenters. The molecular weight excluding hydrogens is 257 g/mol. The third-order valence-corrected chi connectivity index (χ3v) is 3.99. The number of ether oxygens (including phenoxy) is 1. The number of hydrogen-bond donors (Lipinski definition) is 1. The fraction of sp³-hybridized carbons (Fsp3) is 0.667. The van der Waals surface area contributed by atoms with Gasteiger partial charge in [0, 0.05) is 37.4 Å². The lowest BCUT2D eigenvalue weighted by atomic mass is 10.2. The predicted octanol–water partition coefficient (Wildman–Crippen LogP) is 2.09. The van der Waals surface area contributed by atoms with Crippen LogP contribution in [0.4, 0.5) is 10.2 Å². The fourth-order valence-electron chi connectivity index (χ4n) is 2.93. The second kappa shape index (κ2) is 5.66. The first-order valence-electron chi connectivity index (χ1n) is 7.40. The van der Waals surface area contributed by atoms with Crippen molar-refractivity contribution in [1.29, 1.82) is 0 Å². The summed E-state index contributed by atoms with van der Waals surface area (Å²) in [5.74, 6) is 0.287. The van der Waals surface area contributed by atoms with E-state index in [1.807, 2.05) is 4.90 Å². The second-order valence-electron chi connectivity index (χ2n) is 6.01. The molecule has 3 rings (SSSR count). The molecule has 0 saturated carbocycles. The molecule has 2 fully saturated rings. The van der Waals surface area contributed by atoms with Gasteiger partial charge in [0.05, 0.1) is 12.2 Å². The lowest BCUT2D eigenvalue weighted by Gasteiger charge is -2.33. The zero-order chi connectivity index (χ0) is 14.1. The zero-order valence-corrected chi connectivity index (χ0v) is 12.1. The lowest BCUT2D eigenvalue weighted by Crippen LogP contribution is -2.43. The van der Waals surface area contributed by atoms with Crippen molar-refractivity contribution in [3.05, 3.63) is 23.6 Å². The average molecular weight is 279 g/mol. The number of fused-ring (bicyclic) bond motifs is 2. The topological polar surface area (TPSA) is 37.4 Å². The van der Waals surface area contributed by atoms with Crippen molar-refractivity contribution in [3.63, 3.8) is 0 Å². The van der Waals surface area contributed by atoms with Crippen LogP contribution in [0.25, 0.3) is 0 Å². The van der Waals surface area contributed by atoms with E-state index in [1.165, 1.54) is 0 Å². The van der Waals surface area contributed by atoms with Gasteiger partial charge in [0.15, 0.2) is 11.6 Å². The summed E-state index contributed by atoms with van der Waals surface area (Å²) < 4.78 is 20.4. The Morgan fingerprint density at radius 1 is 1.40 bits per heavy atom. The van der Waals surface area contributed by atoms with E-state index in [4.69, 9.17) is 4.74 Å². The Balaban J connectivity index is 1.77. The molecule has 2 saturated heterocycles. The Labute approximate surface area is 119 Å². The number of morpholine rings is 1. The van der Waals surface area contributed by atoms with Crippen LogP contribution in [0.3, 0.4) is 0 Å². The van der Waals surface area contributed by atoms with Gasteiger partial charge in [0.25, 0.3) is 0 Å². The molecule has 2 aliphatic rings. The minimum atomic E-state index is -0.193. The van der Waals surface area contributed by atoms with Crippen molar-refractivity contribution in [3.8, 4) is 0 Å². The standard InChI is InChI=1S/C15H22FN3O/c1-10(2)18-7-11-5-6-17-15(14(11)16)19-8-12-3-4-13(9-19)20-12/h5-6,10,12-13,18H,3-4,7-9H2,1-2H3. The minimum Gasteiger partial charge on any atom is -0.371 e. The lowest BCUT2D eigenvalue weighted by molar-refractivity contribution is 0.0300. The number of nitrogens with one attached hydrogen (secondary N) is 1. The van der Waals surface area contributed by atoms with Gasteiger partial charge in [-0.05, 0) is 18.9 Å². The van der Waals surface area contributed by atoms with Gasteiger partial charge in [-0.3, -0.25) is 0 Å². The summed E-state index contributed by atoms with van der Waals surface area (Å²) in [5.41, 5.74) is 0.683. The third-order valence-electron chi connectivity index (χ3n) is 3.99. The molecule has 2 bridgehead atoms. The highest BCUT2D eigenvalue weighted by Gasteiger charge is 2.35. The van der Waals surface area contributed by atoms with Crippen LogP contribution in [-0.2, 0) is 11.3 Å². The van der Waals surface area contributed by atoms with Crippen molar-refractivity contribution in [2.45, 2.75) is 51.5 Å². The monoisotopic (exact) mass is 279 g/mol. The van der Waals surface area contributed by atoms with Gasteiger partial charge in [-0.1, -0.05) is 13.8 Å². The molecule has 0 aliphatic carbocycles. The van der Waals surface area contributed by atoms with Crippen LogP contribution in [0.5, 0.6) is 0 Å². The Kier molecular flexibility index (Phi) is 3.89. The van der Waals surface area contributed by atoms with Gasteiger partial charge in [0.1, 0.15) is 0 Å². The summed E-state index contributed by atoms with van der Waals surface area (Å²) in [4.78, 5) is 6.30. The Hall–Kier alpha value is -1.20. The second-order valence-corrected chi connectivity index (χ2v) is 6.01. The van der Waals surface area contributed by atoms with E-state index < -0.39 is 0 Å². The first-order chi connectivity index (χ1) is 9.63. The van der Waals surface area contributed by atoms with Gasteiger partial charge in [-0.25, -0.2) is 9.37 Å². The molecular formula is C15H22FN3O. The molecule has 2 aliphatic heterocycles. The van der Waals surface area contributed by atoms with Crippen molar-refractivity contribution < 1.29 is 9.13 Å². The molecule has 0 aromatic carbocycles. The predicted molar refractivity (Wildman–Crippen MR) is 76.3 cm³/mol. The molecule has 0 spiro atoms. The van der Waals surface area contributed by atoms with Crippen molar-refractivity contribution in [1.82, 2.24) is 10.3 Å². The highest BCUT2D eigenvalue weighted by molar-refractivity contribution is 5.44. The molecule has 110 valence electrons. The molecule has 4 nitrogen and oxygen atoms in total. The summed E-state index contributed by atoms with van der Waals surface area (Å²) in [6.07, 6.45) is 4.35. The van der Waals surface area contributed by atoms with E-state index in [1.54, 1.807) is 12.3 Å². The van der Waals surface area contributed by atoms with Crippen LogP contribution in [-0.4, -0.2) is 36.3 Å². The summed E-state index contributed by atoms with van der Waals surface area (Å²) in [5, 5.41) is 3.25. The van der Waals surface area contributed by atoms with E-state index in [0.29, 0.717) is 24.0 Å². The summed E-state index contributed by atoms with van der Waals surface area (Å²) in [6, 6.07) is 2.09. The quantitative estimate of drug-likeness (QED) is 0.916. The average Bonchev–Trinajstić information content (AvgIpc) is 2.76. The van der Waals surface area contributed by atoms with Crippen LogP contribution in [0.2, 0.25) is 0 Å². The number of rotatable bonds is 4.